The molecule has 31 heavy (non-hydrogen) atoms. The second-order valence-corrected chi connectivity index (χ2v) is 6.25. The monoisotopic (exact) mass is 432 g/mol. The van der Waals surface area contributed by atoms with Crippen LogP contribution >= 0.6 is 0 Å². The lowest BCUT2D eigenvalue weighted by atomic mass is 10.1. The Labute approximate surface area is 174 Å². The first kappa shape index (κ1) is 21.6. The van der Waals surface area contributed by atoms with Gasteiger partial charge in [0.1, 0.15) is 11.5 Å². The van der Waals surface area contributed by atoms with Crippen LogP contribution in [0.3, 0.4) is 0 Å². The molecule has 3 aromatic rings. The number of nitrogens with one attached hydrogen (secondary N) is 1. The van der Waals surface area contributed by atoms with Gasteiger partial charge in [-0.3, -0.25) is 14.9 Å². The van der Waals surface area contributed by atoms with E-state index in [0.717, 1.165) is 6.07 Å². The van der Waals surface area contributed by atoms with E-state index in [1.54, 1.807) is 24.3 Å². The number of hydrogen-bond acceptors (Lipinski definition) is 5. The summed E-state index contributed by atoms with van der Waals surface area (Å²) in [6.07, 6.45) is -4.73. The molecule has 7 nitrogen and oxygen atoms in total. The summed E-state index contributed by atoms with van der Waals surface area (Å²) in [4.78, 5) is 22.7. The molecule has 1 amide bonds. The van der Waals surface area contributed by atoms with Gasteiger partial charge in [-0.2, -0.15) is 13.2 Å². The number of ether oxygens (including phenoxy) is 2. The van der Waals surface area contributed by atoms with Gasteiger partial charge in [0.15, 0.2) is 0 Å². The van der Waals surface area contributed by atoms with Gasteiger partial charge in [-0.05, 0) is 54.6 Å². The molecular formula is C21H15F3N2O5. The maximum atomic E-state index is 12.8. The van der Waals surface area contributed by atoms with Gasteiger partial charge in [-0.1, -0.05) is 6.07 Å². The summed E-state index contributed by atoms with van der Waals surface area (Å²) in [7, 11) is 1.51. The molecule has 3 rings (SSSR count). The minimum absolute atomic E-state index is 0.0465. The van der Waals surface area contributed by atoms with Crippen molar-refractivity contribution in [2.45, 2.75) is 6.18 Å². The molecule has 0 aliphatic heterocycles. The van der Waals surface area contributed by atoms with Crippen LogP contribution in [0, 0.1) is 10.1 Å². The SMILES string of the molecule is COc1ccc(NC(=O)c2cccc(Oc3ccc(C(F)(F)F)cc3[N+](=O)[O-])c2)cc1. The molecule has 0 unspecified atom stereocenters. The van der Waals surface area contributed by atoms with Gasteiger partial charge in [0.05, 0.1) is 17.6 Å². The average Bonchev–Trinajstić information content (AvgIpc) is 2.74. The Hall–Kier alpha value is -4.08. The largest absolute Gasteiger partial charge is 0.497 e. The number of nitro benzene ring substituents is 1. The Kier molecular flexibility index (Phi) is 6.10. The molecule has 0 radical (unpaired) electrons. The Morgan fingerprint density at radius 2 is 1.71 bits per heavy atom. The molecular weight excluding hydrogens is 417 g/mol. The molecule has 160 valence electrons. The van der Waals surface area contributed by atoms with Crippen molar-refractivity contribution < 1.29 is 32.4 Å². The maximum absolute atomic E-state index is 12.8. The highest BCUT2D eigenvalue weighted by Crippen LogP contribution is 2.38. The fraction of sp³-hybridized carbons (Fsp3) is 0.0952. The van der Waals surface area contributed by atoms with Crippen LogP contribution in [0.2, 0.25) is 0 Å². The van der Waals surface area contributed by atoms with E-state index >= 15 is 0 Å². The highest BCUT2D eigenvalue weighted by molar-refractivity contribution is 6.04. The van der Waals surface area contributed by atoms with E-state index in [1.807, 2.05) is 0 Å². The van der Waals surface area contributed by atoms with Crippen molar-refractivity contribution in [2.24, 2.45) is 0 Å². The van der Waals surface area contributed by atoms with Gasteiger partial charge in [0.2, 0.25) is 5.75 Å². The Morgan fingerprint density at radius 3 is 2.32 bits per heavy atom. The first-order valence-electron chi connectivity index (χ1n) is 8.76. The van der Waals surface area contributed by atoms with Crippen molar-refractivity contribution in [3.8, 4) is 17.2 Å². The van der Waals surface area contributed by atoms with E-state index in [-0.39, 0.29) is 17.1 Å². The molecule has 0 aliphatic carbocycles. The van der Waals surface area contributed by atoms with E-state index in [4.69, 9.17) is 9.47 Å². The van der Waals surface area contributed by atoms with Crippen molar-refractivity contribution in [2.75, 3.05) is 12.4 Å². The maximum Gasteiger partial charge on any atom is 0.416 e. The van der Waals surface area contributed by atoms with Crippen LogP contribution in [0.5, 0.6) is 17.2 Å². The lowest BCUT2D eigenvalue weighted by Gasteiger charge is -2.11. The van der Waals surface area contributed by atoms with E-state index in [1.165, 1.54) is 31.4 Å². The first-order chi connectivity index (χ1) is 14.7. The molecule has 0 heterocycles. The fourth-order valence-electron chi connectivity index (χ4n) is 2.63. The van der Waals surface area contributed by atoms with Crippen molar-refractivity contribution in [3.05, 3.63) is 88.0 Å². The third kappa shape index (κ3) is 5.30. The second kappa shape index (κ2) is 8.74. The summed E-state index contributed by atoms with van der Waals surface area (Å²) < 4.78 is 49.0. The molecule has 0 aromatic heterocycles. The van der Waals surface area contributed by atoms with Gasteiger partial charge < -0.3 is 14.8 Å². The van der Waals surface area contributed by atoms with E-state index < -0.39 is 28.3 Å². The van der Waals surface area contributed by atoms with Crippen LogP contribution in [0.15, 0.2) is 66.7 Å². The number of benzene rings is 3. The molecule has 0 aliphatic rings. The number of methoxy groups -OCH3 is 1. The summed E-state index contributed by atoms with van der Waals surface area (Å²) in [6, 6.07) is 14.3. The number of halogens is 3. The van der Waals surface area contributed by atoms with E-state index in [2.05, 4.69) is 5.32 Å². The van der Waals surface area contributed by atoms with E-state index in [0.29, 0.717) is 23.6 Å². The van der Waals surface area contributed by atoms with Crippen LogP contribution < -0.4 is 14.8 Å². The predicted molar refractivity (Wildman–Crippen MR) is 106 cm³/mol. The summed E-state index contributed by atoms with van der Waals surface area (Å²) in [5.41, 5.74) is -1.32. The lowest BCUT2D eigenvalue weighted by molar-refractivity contribution is -0.385. The fourth-order valence-corrected chi connectivity index (χ4v) is 2.63. The quantitative estimate of drug-likeness (QED) is 0.401. The zero-order valence-electron chi connectivity index (χ0n) is 16.0. The number of alkyl halides is 3. The minimum atomic E-state index is -4.73. The first-order valence-corrected chi connectivity index (χ1v) is 8.76. The summed E-state index contributed by atoms with van der Waals surface area (Å²) in [6.45, 7) is 0. The number of hydrogen-bond donors (Lipinski definition) is 1. The topological polar surface area (TPSA) is 90.7 Å². The Bertz CT molecular complexity index is 1110. The third-order valence-electron chi connectivity index (χ3n) is 4.15. The normalized spacial score (nSPS) is 11.0. The van der Waals surface area contributed by atoms with Crippen molar-refractivity contribution in [1.29, 1.82) is 0 Å². The van der Waals surface area contributed by atoms with Gasteiger partial charge in [-0.25, -0.2) is 0 Å². The molecule has 0 bridgehead atoms. The Balaban J connectivity index is 1.81. The van der Waals surface area contributed by atoms with Gasteiger partial charge >= 0.3 is 11.9 Å². The number of nitro groups is 1. The number of carbonyl (C=O) groups excluding carboxylic acids is 1. The zero-order chi connectivity index (χ0) is 22.6. The molecule has 0 saturated heterocycles. The molecule has 10 heteroatoms. The summed E-state index contributed by atoms with van der Waals surface area (Å²) in [5, 5.41) is 13.9. The molecule has 0 atom stereocenters. The average molecular weight is 432 g/mol. The van der Waals surface area contributed by atoms with Crippen molar-refractivity contribution >= 4 is 17.3 Å². The van der Waals surface area contributed by atoms with Crippen LogP contribution in [0.25, 0.3) is 0 Å². The standard InChI is InChI=1S/C21H15F3N2O5/c1-30-16-8-6-15(7-9-16)25-20(27)13-3-2-4-17(11-13)31-19-10-5-14(21(22,23)24)12-18(19)26(28)29/h2-12H,1H3,(H,25,27). The number of carbonyl (C=O) groups is 1. The molecule has 1 N–H and O–H groups in total. The summed E-state index contributed by atoms with van der Waals surface area (Å²) in [5.74, 6) is -0.194. The molecule has 3 aromatic carbocycles. The van der Waals surface area contributed by atoms with E-state index in [9.17, 15) is 28.1 Å². The van der Waals surface area contributed by atoms with Crippen molar-refractivity contribution in [1.82, 2.24) is 0 Å². The van der Waals surface area contributed by atoms with Crippen molar-refractivity contribution in [3.63, 3.8) is 0 Å². The van der Waals surface area contributed by atoms with Crippen LogP contribution in [-0.2, 0) is 6.18 Å². The van der Waals surface area contributed by atoms with Crippen LogP contribution in [0.4, 0.5) is 24.5 Å². The number of rotatable bonds is 6. The molecule has 0 fully saturated rings. The molecule has 0 spiro atoms. The minimum Gasteiger partial charge on any atom is -0.497 e. The van der Waals surface area contributed by atoms with Crippen LogP contribution in [-0.4, -0.2) is 17.9 Å². The highest BCUT2D eigenvalue weighted by Gasteiger charge is 2.33. The Morgan fingerprint density at radius 1 is 1.00 bits per heavy atom. The highest BCUT2D eigenvalue weighted by atomic mass is 19.4. The second-order valence-electron chi connectivity index (χ2n) is 6.25. The smallest absolute Gasteiger partial charge is 0.416 e. The third-order valence-corrected chi connectivity index (χ3v) is 4.15. The van der Waals surface area contributed by atoms with Gasteiger partial charge in [0, 0.05) is 17.3 Å². The molecule has 0 saturated carbocycles. The summed E-state index contributed by atoms with van der Waals surface area (Å²) >= 11 is 0. The lowest BCUT2D eigenvalue weighted by Crippen LogP contribution is -2.11. The van der Waals surface area contributed by atoms with Gasteiger partial charge in [0.25, 0.3) is 5.91 Å². The number of anilines is 1. The van der Waals surface area contributed by atoms with Crippen LogP contribution in [0.1, 0.15) is 15.9 Å². The number of amides is 1. The van der Waals surface area contributed by atoms with Gasteiger partial charge in [-0.15, -0.1) is 0 Å². The zero-order valence-corrected chi connectivity index (χ0v) is 16.0. The number of nitrogens with zero attached hydrogens (tertiary/aromatic N) is 1. The predicted octanol–water partition coefficient (Wildman–Crippen LogP) is 5.67.